The molecule has 1 fully saturated rings. The number of nitrogens with zero attached hydrogens (tertiary/aromatic N) is 1. The topological polar surface area (TPSA) is 24.5 Å². The lowest BCUT2D eigenvalue weighted by molar-refractivity contribution is -0.138. The number of hydrogen-bond donors (Lipinski definition) is 1. The first-order valence-electron chi connectivity index (χ1n) is 7.98. The molecule has 0 amide bonds. The second kappa shape index (κ2) is 8.92. The minimum Gasteiger partial charge on any atom is -0.496 e. The molecular weight excluding hydrogens is 341 g/mol. The second-order valence-electron chi connectivity index (χ2n) is 6.14. The van der Waals surface area contributed by atoms with Crippen molar-refractivity contribution in [3.63, 3.8) is 0 Å². The highest BCUT2D eigenvalue weighted by Gasteiger charge is 2.31. The molecule has 7 heteroatoms. The fourth-order valence-corrected chi connectivity index (χ4v) is 3.35. The minimum atomic E-state index is -4.12. The molecule has 1 atom stereocenters. The van der Waals surface area contributed by atoms with Crippen LogP contribution in [0.15, 0.2) is 12.1 Å². The minimum absolute atomic E-state index is 0. The fraction of sp³-hybridized carbons (Fsp3) is 0.647. The lowest BCUT2D eigenvalue weighted by atomic mass is 9.95. The predicted octanol–water partition coefficient (Wildman–Crippen LogP) is 4.02. The molecule has 1 aromatic carbocycles. The Bertz CT molecular complexity index is 508. The number of halogens is 4. The van der Waals surface area contributed by atoms with Crippen molar-refractivity contribution in [3.05, 3.63) is 28.8 Å². The summed E-state index contributed by atoms with van der Waals surface area (Å²) in [6, 6.07) is 3.73. The smallest absolute Gasteiger partial charge is 0.389 e. The van der Waals surface area contributed by atoms with Crippen molar-refractivity contribution in [1.29, 1.82) is 0 Å². The van der Waals surface area contributed by atoms with Gasteiger partial charge in [0.2, 0.25) is 0 Å². The zero-order chi connectivity index (χ0) is 17.0. The van der Waals surface area contributed by atoms with Crippen molar-refractivity contribution in [1.82, 2.24) is 10.2 Å². The number of piperazine rings is 1. The Balaban J connectivity index is 0.00000288. The van der Waals surface area contributed by atoms with Gasteiger partial charge in [0.15, 0.2) is 0 Å². The van der Waals surface area contributed by atoms with Crippen LogP contribution in [0.1, 0.15) is 35.6 Å². The molecule has 24 heavy (non-hydrogen) atoms. The van der Waals surface area contributed by atoms with Crippen molar-refractivity contribution in [3.8, 4) is 5.75 Å². The zero-order valence-corrected chi connectivity index (χ0v) is 15.2. The lowest BCUT2D eigenvalue weighted by Gasteiger charge is -2.36. The number of rotatable bonds is 5. The SMILES string of the molecule is COc1c(C)cc([C@@H](CCC(F)(F)F)N2CCNCC2)cc1C.Cl. The van der Waals surface area contributed by atoms with Crippen molar-refractivity contribution < 1.29 is 17.9 Å². The molecule has 1 aliphatic rings. The Kier molecular flexibility index (Phi) is 7.83. The molecule has 1 saturated heterocycles. The van der Waals surface area contributed by atoms with Crippen LogP contribution in [0.3, 0.4) is 0 Å². The van der Waals surface area contributed by atoms with Crippen molar-refractivity contribution >= 4 is 12.4 Å². The Labute approximate surface area is 148 Å². The van der Waals surface area contributed by atoms with Gasteiger partial charge in [0.1, 0.15) is 5.75 Å². The van der Waals surface area contributed by atoms with E-state index in [0.29, 0.717) is 0 Å². The standard InChI is InChI=1S/C17H25F3N2O.ClH/c1-12-10-14(11-13(2)16(12)23-3)15(4-5-17(18,19)20)22-8-6-21-7-9-22;/h10-11,15,21H,4-9H2,1-3H3;1H/t15-;/m1./s1. The molecular formula is C17H26ClF3N2O. The molecule has 3 nitrogen and oxygen atoms in total. The highest BCUT2D eigenvalue weighted by molar-refractivity contribution is 5.85. The normalized spacial score (nSPS) is 17.2. The molecule has 1 N–H and O–H groups in total. The van der Waals surface area contributed by atoms with E-state index in [1.807, 2.05) is 26.0 Å². The van der Waals surface area contributed by atoms with Crippen LogP contribution in [0, 0.1) is 13.8 Å². The fourth-order valence-electron chi connectivity index (χ4n) is 3.35. The van der Waals surface area contributed by atoms with Gasteiger partial charge in [0.05, 0.1) is 7.11 Å². The third-order valence-electron chi connectivity index (χ3n) is 4.37. The summed E-state index contributed by atoms with van der Waals surface area (Å²) in [5.74, 6) is 0.809. The molecule has 1 aliphatic heterocycles. The van der Waals surface area contributed by atoms with E-state index in [2.05, 4.69) is 10.2 Å². The quantitative estimate of drug-likeness (QED) is 0.851. The van der Waals surface area contributed by atoms with E-state index in [0.717, 1.165) is 48.6 Å². The van der Waals surface area contributed by atoms with E-state index in [1.54, 1.807) is 7.11 Å². The highest BCUT2D eigenvalue weighted by atomic mass is 35.5. The Morgan fingerprint density at radius 3 is 2.17 bits per heavy atom. The van der Waals surface area contributed by atoms with Gasteiger partial charge in [-0.25, -0.2) is 0 Å². The summed E-state index contributed by atoms with van der Waals surface area (Å²) < 4.78 is 43.5. The highest BCUT2D eigenvalue weighted by Crippen LogP contribution is 2.35. The van der Waals surface area contributed by atoms with Crippen LogP contribution in [0.5, 0.6) is 5.75 Å². The number of ether oxygens (including phenoxy) is 1. The van der Waals surface area contributed by atoms with Crippen LogP contribution in [0.2, 0.25) is 0 Å². The van der Waals surface area contributed by atoms with Gasteiger partial charge in [-0.05, 0) is 37.0 Å². The van der Waals surface area contributed by atoms with E-state index >= 15 is 0 Å². The van der Waals surface area contributed by atoms with E-state index in [-0.39, 0.29) is 24.9 Å². The Hall–Kier alpha value is -0.980. The number of benzene rings is 1. The lowest BCUT2D eigenvalue weighted by Crippen LogP contribution is -2.45. The largest absolute Gasteiger partial charge is 0.496 e. The maximum atomic E-state index is 12.7. The van der Waals surface area contributed by atoms with Crippen LogP contribution in [0.25, 0.3) is 0 Å². The predicted molar refractivity (Wildman–Crippen MR) is 92.2 cm³/mol. The third-order valence-corrected chi connectivity index (χ3v) is 4.37. The van der Waals surface area contributed by atoms with Crippen molar-refractivity contribution in [2.75, 3.05) is 33.3 Å². The van der Waals surface area contributed by atoms with E-state index in [4.69, 9.17) is 4.74 Å². The number of aryl methyl sites for hydroxylation is 2. The average molecular weight is 367 g/mol. The maximum absolute atomic E-state index is 12.7. The number of methoxy groups -OCH3 is 1. The van der Waals surface area contributed by atoms with Crippen LogP contribution in [-0.2, 0) is 0 Å². The molecule has 1 aromatic rings. The molecule has 0 bridgehead atoms. The summed E-state index contributed by atoms with van der Waals surface area (Å²) in [6.07, 6.45) is -4.79. The maximum Gasteiger partial charge on any atom is 0.389 e. The van der Waals surface area contributed by atoms with Crippen molar-refractivity contribution in [2.24, 2.45) is 0 Å². The average Bonchev–Trinajstić information content (AvgIpc) is 2.47. The first-order valence-corrected chi connectivity index (χ1v) is 7.98. The molecule has 2 rings (SSSR count). The molecule has 0 saturated carbocycles. The number of nitrogens with one attached hydrogen (secondary N) is 1. The monoisotopic (exact) mass is 366 g/mol. The summed E-state index contributed by atoms with van der Waals surface area (Å²) in [6.45, 7) is 7.05. The molecule has 0 aliphatic carbocycles. The Morgan fingerprint density at radius 2 is 1.71 bits per heavy atom. The first kappa shape index (κ1) is 21.1. The van der Waals surface area contributed by atoms with Crippen molar-refractivity contribution in [2.45, 2.75) is 38.9 Å². The van der Waals surface area contributed by atoms with Crippen LogP contribution in [0.4, 0.5) is 13.2 Å². The van der Waals surface area contributed by atoms with Gasteiger partial charge < -0.3 is 10.1 Å². The summed E-state index contributed by atoms with van der Waals surface area (Å²) in [5, 5.41) is 3.25. The zero-order valence-electron chi connectivity index (χ0n) is 14.4. The van der Waals surface area contributed by atoms with Gasteiger partial charge in [0, 0.05) is 38.6 Å². The molecule has 0 unspecified atom stereocenters. The summed E-state index contributed by atoms with van der Waals surface area (Å²) >= 11 is 0. The summed E-state index contributed by atoms with van der Waals surface area (Å²) in [4.78, 5) is 2.16. The van der Waals surface area contributed by atoms with Crippen LogP contribution in [-0.4, -0.2) is 44.4 Å². The third kappa shape index (κ3) is 5.53. The van der Waals surface area contributed by atoms with Gasteiger partial charge in [-0.15, -0.1) is 12.4 Å². The molecule has 138 valence electrons. The van der Waals surface area contributed by atoms with Gasteiger partial charge in [-0.2, -0.15) is 13.2 Å². The van der Waals surface area contributed by atoms with E-state index in [1.165, 1.54) is 0 Å². The molecule has 0 spiro atoms. The summed E-state index contributed by atoms with van der Waals surface area (Å²) in [5.41, 5.74) is 2.89. The first-order chi connectivity index (χ1) is 10.8. The van der Waals surface area contributed by atoms with Gasteiger partial charge in [-0.3, -0.25) is 4.90 Å². The van der Waals surface area contributed by atoms with Crippen LogP contribution < -0.4 is 10.1 Å². The van der Waals surface area contributed by atoms with E-state index in [9.17, 15) is 13.2 Å². The Morgan fingerprint density at radius 1 is 1.17 bits per heavy atom. The van der Waals surface area contributed by atoms with Gasteiger partial charge in [0.25, 0.3) is 0 Å². The number of hydrogen-bond acceptors (Lipinski definition) is 3. The van der Waals surface area contributed by atoms with Gasteiger partial charge in [-0.1, -0.05) is 12.1 Å². The molecule has 0 radical (unpaired) electrons. The summed E-state index contributed by atoms with van der Waals surface area (Å²) in [7, 11) is 1.62. The van der Waals surface area contributed by atoms with Crippen LogP contribution >= 0.6 is 12.4 Å². The van der Waals surface area contributed by atoms with E-state index < -0.39 is 12.6 Å². The second-order valence-corrected chi connectivity index (χ2v) is 6.14. The van der Waals surface area contributed by atoms with Gasteiger partial charge >= 0.3 is 6.18 Å². The molecule has 0 aromatic heterocycles. The number of alkyl halides is 3. The molecule has 1 heterocycles.